The molecule has 3 atom stereocenters. The molecule has 4 nitrogen and oxygen atoms in total. The number of hydrogen-bond acceptors (Lipinski definition) is 3. The van der Waals surface area contributed by atoms with E-state index in [1.807, 2.05) is 0 Å². The van der Waals surface area contributed by atoms with E-state index < -0.39 is 0 Å². The molecule has 0 radical (unpaired) electrons. The zero-order valence-corrected chi connectivity index (χ0v) is 26.8. The highest BCUT2D eigenvalue weighted by Gasteiger charge is 2.58. The van der Waals surface area contributed by atoms with E-state index in [9.17, 15) is 0 Å². The van der Waals surface area contributed by atoms with Gasteiger partial charge < -0.3 is 4.57 Å². The number of fused-ring (bicyclic) bond motifs is 4. The molecule has 232 valence electrons. The van der Waals surface area contributed by atoms with Gasteiger partial charge in [-0.1, -0.05) is 176 Å². The van der Waals surface area contributed by atoms with Crippen molar-refractivity contribution < 1.29 is 0 Å². The normalized spacial score (nSPS) is 18.1. The summed E-state index contributed by atoms with van der Waals surface area (Å²) in [6.45, 7) is 0. The molecule has 4 heteroatoms. The lowest BCUT2D eigenvalue weighted by molar-refractivity contribution is 0.331. The van der Waals surface area contributed by atoms with Gasteiger partial charge in [0.1, 0.15) is 0 Å². The minimum Gasteiger partial charge on any atom is -0.303 e. The van der Waals surface area contributed by atoms with Crippen LogP contribution in [-0.4, -0.2) is 20.4 Å². The summed E-state index contributed by atoms with van der Waals surface area (Å²) in [6, 6.07) is 65.2. The molecule has 49 heavy (non-hydrogen) atoms. The van der Waals surface area contributed by atoms with Crippen LogP contribution in [0.15, 0.2) is 187 Å². The molecule has 3 unspecified atom stereocenters. The van der Waals surface area contributed by atoms with Crippen LogP contribution in [-0.2, 0) is 0 Å². The maximum atomic E-state index is 5.28. The lowest BCUT2D eigenvalue weighted by Crippen LogP contribution is -2.14. The molecular weight excluding hydrogens is 597 g/mol. The van der Waals surface area contributed by atoms with Crippen molar-refractivity contribution in [2.45, 2.75) is 12.5 Å². The second kappa shape index (κ2) is 11.2. The highest BCUT2D eigenvalue weighted by Crippen LogP contribution is 2.54. The molecule has 2 aliphatic heterocycles. The Morgan fingerprint density at radius 3 is 1.57 bits per heavy atom. The van der Waals surface area contributed by atoms with Crippen molar-refractivity contribution in [2.75, 3.05) is 0 Å². The molecular formula is C45H32N4. The summed E-state index contributed by atoms with van der Waals surface area (Å²) >= 11 is 0. The van der Waals surface area contributed by atoms with Crippen molar-refractivity contribution >= 4 is 27.6 Å². The van der Waals surface area contributed by atoms with Gasteiger partial charge in [0.25, 0.3) is 0 Å². The first kappa shape index (κ1) is 27.8. The molecule has 1 saturated heterocycles. The molecule has 0 bridgehead atoms. The van der Waals surface area contributed by atoms with Crippen molar-refractivity contribution in [3.05, 3.63) is 193 Å². The van der Waals surface area contributed by atoms with Crippen molar-refractivity contribution in [1.29, 1.82) is 0 Å². The monoisotopic (exact) mass is 628 g/mol. The number of benzene rings is 7. The number of rotatable bonds is 6. The third kappa shape index (κ3) is 4.53. The Morgan fingerprint density at radius 1 is 0.408 bits per heavy atom. The molecule has 8 aromatic rings. The summed E-state index contributed by atoms with van der Waals surface area (Å²) in [5.74, 6) is 1.01. The Balaban J connectivity index is 1.08. The van der Waals surface area contributed by atoms with E-state index in [0.29, 0.717) is 0 Å². The van der Waals surface area contributed by atoms with Crippen LogP contribution in [0.5, 0.6) is 0 Å². The van der Waals surface area contributed by atoms with Gasteiger partial charge in [0.15, 0.2) is 18.3 Å². The van der Waals surface area contributed by atoms with E-state index in [0.717, 1.165) is 11.4 Å². The minimum atomic E-state index is -0.0997. The molecule has 2 aliphatic rings. The van der Waals surface area contributed by atoms with Crippen molar-refractivity contribution in [3.8, 4) is 33.4 Å². The van der Waals surface area contributed by atoms with Crippen LogP contribution in [0.4, 0.5) is 0 Å². The summed E-state index contributed by atoms with van der Waals surface area (Å²) in [5, 5.41) is 7.31. The van der Waals surface area contributed by atoms with E-state index in [1.165, 1.54) is 60.8 Å². The van der Waals surface area contributed by atoms with Gasteiger partial charge in [-0.05, 0) is 39.4 Å². The number of aromatic nitrogens is 1. The molecule has 1 aromatic heterocycles. The van der Waals surface area contributed by atoms with Crippen LogP contribution in [0.25, 0.3) is 55.2 Å². The van der Waals surface area contributed by atoms with Gasteiger partial charge in [-0.3, -0.25) is 0 Å². The minimum absolute atomic E-state index is 0.0103. The number of hydrazine groups is 1. The van der Waals surface area contributed by atoms with Crippen LogP contribution in [0.2, 0.25) is 0 Å². The fourth-order valence-electron chi connectivity index (χ4n) is 7.60. The fraction of sp³-hybridized carbons (Fsp3) is 0.0444. The summed E-state index contributed by atoms with van der Waals surface area (Å²) in [7, 11) is 0. The Bertz CT molecular complexity index is 2480. The molecule has 0 amide bonds. The second-order valence-electron chi connectivity index (χ2n) is 12.8. The lowest BCUT2D eigenvalue weighted by Gasteiger charge is -2.15. The summed E-state index contributed by atoms with van der Waals surface area (Å²) in [5.41, 5.74) is 12.1. The molecule has 0 aliphatic carbocycles. The number of aliphatic imine (C=N–C) groups is 1. The number of para-hydroxylation sites is 2. The van der Waals surface area contributed by atoms with E-state index in [4.69, 9.17) is 4.99 Å². The maximum absolute atomic E-state index is 5.28. The Labute approximate surface area is 285 Å². The molecule has 1 fully saturated rings. The van der Waals surface area contributed by atoms with Crippen LogP contribution in [0.1, 0.15) is 23.6 Å². The zero-order valence-electron chi connectivity index (χ0n) is 26.8. The highest BCUT2D eigenvalue weighted by atomic mass is 16.0. The number of nitrogens with zero attached hydrogens (tertiary/aromatic N) is 4. The summed E-state index contributed by atoms with van der Waals surface area (Å²) in [4.78, 5) is 5.28. The Hall–Kier alpha value is -6.23. The summed E-state index contributed by atoms with van der Waals surface area (Å²) in [6.07, 6.45) is -0.110. The first-order valence-electron chi connectivity index (χ1n) is 16.9. The van der Waals surface area contributed by atoms with Crippen LogP contribution >= 0.6 is 0 Å². The van der Waals surface area contributed by atoms with Gasteiger partial charge in [-0.25, -0.2) is 10.0 Å². The third-order valence-electron chi connectivity index (χ3n) is 9.97. The number of amidine groups is 1. The topological polar surface area (TPSA) is 23.3 Å². The average Bonchev–Trinajstić information content (AvgIpc) is 3.60. The van der Waals surface area contributed by atoms with Crippen molar-refractivity contribution in [3.63, 3.8) is 0 Å². The van der Waals surface area contributed by atoms with Crippen LogP contribution in [0, 0.1) is 0 Å². The quantitative estimate of drug-likeness (QED) is 0.171. The first-order chi connectivity index (χ1) is 24.3. The molecule has 7 aromatic carbocycles. The fourth-order valence-corrected chi connectivity index (χ4v) is 7.60. The maximum Gasteiger partial charge on any atom is 0.199 e. The van der Waals surface area contributed by atoms with Gasteiger partial charge in [0.2, 0.25) is 0 Å². The summed E-state index contributed by atoms with van der Waals surface area (Å²) < 4.78 is 2.53. The number of hydrogen-bond donors (Lipinski definition) is 0. The highest BCUT2D eigenvalue weighted by molar-refractivity contribution is 6.13. The van der Waals surface area contributed by atoms with Crippen molar-refractivity contribution in [1.82, 2.24) is 14.6 Å². The largest absolute Gasteiger partial charge is 0.303 e. The zero-order chi connectivity index (χ0) is 32.3. The van der Waals surface area contributed by atoms with E-state index in [1.54, 1.807) is 0 Å². The van der Waals surface area contributed by atoms with Crippen LogP contribution < -0.4 is 0 Å². The standard InChI is InChI=1S/C45H32N4/c1-4-13-31(14-5-1)32-23-25-33(26-24-32)34-27-29-35(30-28-34)38-20-12-21-40-39-19-10-11-22-41(39)47(42(38)40)45-48-43(36-15-6-2-7-16-36)46-44(49(45)48)37-17-8-3-9-18-37/h1-30,43,45H. The van der Waals surface area contributed by atoms with Gasteiger partial charge in [-0.2, -0.15) is 0 Å². The Morgan fingerprint density at radius 2 is 0.918 bits per heavy atom. The van der Waals surface area contributed by atoms with Gasteiger partial charge in [0, 0.05) is 21.9 Å². The third-order valence-corrected chi connectivity index (χ3v) is 9.97. The van der Waals surface area contributed by atoms with Crippen molar-refractivity contribution in [2.24, 2.45) is 4.99 Å². The lowest BCUT2D eigenvalue weighted by atomic mass is 9.97. The predicted octanol–water partition coefficient (Wildman–Crippen LogP) is 10.9. The van der Waals surface area contributed by atoms with Gasteiger partial charge >= 0.3 is 0 Å². The van der Waals surface area contributed by atoms with E-state index in [2.05, 4.69) is 197 Å². The molecule has 3 heterocycles. The molecule has 10 rings (SSSR count). The SMILES string of the molecule is c1ccc(C2=NC(c3ccccc3)N3C(n4c5ccccc5c5cccc(-c6ccc(-c7ccc(-c8ccccc8)cc7)cc6)c54)N23)cc1. The first-order valence-corrected chi connectivity index (χ1v) is 16.9. The van der Waals surface area contributed by atoms with Crippen LogP contribution in [0.3, 0.4) is 0 Å². The molecule has 0 N–H and O–H groups in total. The Kier molecular flexibility index (Phi) is 6.36. The molecule has 0 saturated carbocycles. The predicted molar refractivity (Wildman–Crippen MR) is 201 cm³/mol. The smallest absolute Gasteiger partial charge is 0.199 e. The average molecular weight is 629 g/mol. The van der Waals surface area contributed by atoms with E-state index in [-0.39, 0.29) is 12.5 Å². The van der Waals surface area contributed by atoms with E-state index >= 15 is 0 Å². The van der Waals surface area contributed by atoms with Gasteiger partial charge in [-0.15, -0.1) is 5.01 Å². The van der Waals surface area contributed by atoms with Gasteiger partial charge in [0.05, 0.1) is 11.0 Å². The molecule has 0 spiro atoms. The second-order valence-corrected chi connectivity index (χ2v) is 12.8.